The zero-order valence-corrected chi connectivity index (χ0v) is 17.4. The lowest BCUT2D eigenvalue weighted by Gasteiger charge is -2.33. The van der Waals surface area contributed by atoms with Gasteiger partial charge in [0.25, 0.3) is 5.91 Å². The van der Waals surface area contributed by atoms with E-state index in [0.717, 1.165) is 17.7 Å². The van der Waals surface area contributed by atoms with E-state index in [2.05, 4.69) is 10.6 Å². The van der Waals surface area contributed by atoms with Gasteiger partial charge in [-0.1, -0.05) is 25.1 Å². The first kappa shape index (κ1) is 21.6. The monoisotopic (exact) mass is 412 g/mol. The fourth-order valence-electron chi connectivity index (χ4n) is 3.40. The number of aryl methyl sites for hydroxylation is 2. The lowest BCUT2D eigenvalue weighted by atomic mass is 10.1. The number of carbonyl (C=O) groups is 3. The molecule has 0 saturated carbocycles. The van der Waals surface area contributed by atoms with Crippen molar-refractivity contribution in [1.29, 1.82) is 0 Å². The molecule has 0 radical (unpaired) electrons. The van der Waals surface area contributed by atoms with E-state index in [0.29, 0.717) is 37.7 Å². The molecule has 1 aliphatic rings. The molecule has 8 nitrogen and oxygen atoms in total. The summed E-state index contributed by atoms with van der Waals surface area (Å²) in [6.07, 6.45) is 0.816. The summed E-state index contributed by atoms with van der Waals surface area (Å²) >= 11 is 0. The summed E-state index contributed by atoms with van der Waals surface area (Å²) in [4.78, 5) is 40.4. The van der Waals surface area contributed by atoms with Crippen molar-refractivity contribution in [3.8, 4) is 0 Å². The van der Waals surface area contributed by atoms with Crippen LogP contribution in [0.25, 0.3) is 0 Å². The number of furan rings is 1. The van der Waals surface area contributed by atoms with Crippen LogP contribution in [0.3, 0.4) is 0 Å². The second kappa shape index (κ2) is 10.1. The summed E-state index contributed by atoms with van der Waals surface area (Å²) in [5.74, 6) is 0.449. The molecular formula is C22H28N4O4. The lowest BCUT2D eigenvalue weighted by Crippen LogP contribution is -2.51. The van der Waals surface area contributed by atoms with Crippen molar-refractivity contribution in [2.75, 3.05) is 44.6 Å². The molecule has 2 heterocycles. The van der Waals surface area contributed by atoms with Gasteiger partial charge in [-0.05, 0) is 37.1 Å². The van der Waals surface area contributed by atoms with Crippen LogP contribution < -0.4 is 10.6 Å². The minimum atomic E-state index is -0.256. The highest BCUT2D eigenvalue weighted by atomic mass is 16.3. The molecule has 2 aromatic rings. The van der Waals surface area contributed by atoms with Gasteiger partial charge in [0.15, 0.2) is 5.76 Å². The van der Waals surface area contributed by atoms with Gasteiger partial charge in [-0.2, -0.15) is 0 Å². The molecule has 160 valence electrons. The smallest absolute Gasteiger partial charge is 0.289 e. The Morgan fingerprint density at radius 3 is 2.40 bits per heavy atom. The molecule has 2 N–H and O–H groups in total. The minimum Gasteiger partial charge on any atom is -0.456 e. The fourth-order valence-corrected chi connectivity index (χ4v) is 3.40. The van der Waals surface area contributed by atoms with Gasteiger partial charge < -0.3 is 20.0 Å². The number of para-hydroxylation sites is 1. The zero-order chi connectivity index (χ0) is 21.5. The third kappa shape index (κ3) is 5.70. The maximum absolute atomic E-state index is 12.4. The number of amides is 3. The summed E-state index contributed by atoms with van der Waals surface area (Å²) in [7, 11) is 0. The molecule has 1 aromatic carbocycles. The molecule has 0 aliphatic carbocycles. The van der Waals surface area contributed by atoms with E-state index < -0.39 is 0 Å². The predicted octanol–water partition coefficient (Wildman–Crippen LogP) is 1.66. The van der Waals surface area contributed by atoms with Crippen LogP contribution in [-0.2, 0) is 16.0 Å². The highest BCUT2D eigenvalue weighted by Gasteiger charge is 2.25. The molecule has 0 atom stereocenters. The van der Waals surface area contributed by atoms with Crippen molar-refractivity contribution in [2.45, 2.75) is 20.3 Å². The number of rotatable bonds is 7. The molecular weight excluding hydrogens is 384 g/mol. The van der Waals surface area contributed by atoms with Gasteiger partial charge in [-0.15, -0.1) is 0 Å². The molecule has 1 aromatic heterocycles. The van der Waals surface area contributed by atoms with Crippen LogP contribution in [0.15, 0.2) is 40.8 Å². The Bertz CT molecular complexity index is 900. The number of nitrogens with one attached hydrogen (secondary N) is 2. The Labute approximate surface area is 176 Å². The molecule has 1 aliphatic heterocycles. The van der Waals surface area contributed by atoms with E-state index in [1.54, 1.807) is 24.0 Å². The Hall–Kier alpha value is -3.13. The number of nitrogens with zero attached hydrogens (tertiary/aromatic N) is 2. The summed E-state index contributed by atoms with van der Waals surface area (Å²) in [5, 5.41) is 5.50. The number of piperazine rings is 1. The Morgan fingerprint density at radius 2 is 1.73 bits per heavy atom. The van der Waals surface area contributed by atoms with E-state index in [1.807, 2.05) is 36.1 Å². The largest absolute Gasteiger partial charge is 0.456 e. The van der Waals surface area contributed by atoms with E-state index >= 15 is 0 Å². The molecule has 1 fully saturated rings. The zero-order valence-electron chi connectivity index (χ0n) is 17.4. The molecule has 3 amide bonds. The maximum atomic E-state index is 12.4. The Balaban J connectivity index is 1.38. The van der Waals surface area contributed by atoms with Crippen LogP contribution in [-0.4, -0.2) is 66.8 Å². The fraction of sp³-hybridized carbons (Fsp3) is 0.409. The Kier molecular flexibility index (Phi) is 7.24. The summed E-state index contributed by atoms with van der Waals surface area (Å²) in [6.45, 7) is 6.18. The first-order valence-corrected chi connectivity index (χ1v) is 10.2. The van der Waals surface area contributed by atoms with Crippen molar-refractivity contribution in [3.05, 3.63) is 53.5 Å². The van der Waals surface area contributed by atoms with Gasteiger partial charge >= 0.3 is 0 Å². The average molecular weight is 412 g/mol. The van der Waals surface area contributed by atoms with Gasteiger partial charge in [0.05, 0.1) is 13.1 Å². The molecule has 3 rings (SSSR count). The Morgan fingerprint density at radius 1 is 1.00 bits per heavy atom. The van der Waals surface area contributed by atoms with Crippen molar-refractivity contribution in [1.82, 2.24) is 15.1 Å². The highest BCUT2D eigenvalue weighted by molar-refractivity contribution is 5.95. The van der Waals surface area contributed by atoms with E-state index in [1.165, 1.54) is 0 Å². The summed E-state index contributed by atoms with van der Waals surface area (Å²) < 4.78 is 5.39. The third-order valence-corrected chi connectivity index (χ3v) is 5.10. The number of carbonyl (C=O) groups excluding carboxylic acids is 3. The molecule has 1 saturated heterocycles. The van der Waals surface area contributed by atoms with Gasteiger partial charge in [0.1, 0.15) is 5.76 Å². The van der Waals surface area contributed by atoms with Gasteiger partial charge in [-0.25, -0.2) is 0 Å². The van der Waals surface area contributed by atoms with Crippen LogP contribution in [0.2, 0.25) is 0 Å². The number of hydrogen-bond acceptors (Lipinski definition) is 5. The van der Waals surface area contributed by atoms with Gasteiger partial charge in [0, 0.05) is 31.9 Å². The van der Waals surface area contributed by atoms with Crippen LogP contribution in [0.5, 0.6) is 0 Å². The summed E-state index contributed by atoms with van der Waals surface area (Å²) in [5.41, 5.74) is 1.82. The third-order valence-electron chi connectivity index (χ3n) is 5.10. The van der Waals surface area contributed by atoms with E-state index in [9.17, 15) is 14.4 Å². The second-order valence-electron chi connectivity index (χ2n) is 7.31. The first-order valence-electron chi connectivity index (χ1n) is 10.2. The standard InChI is InChI=1S/C22H28N4O4/c1-3-17-6-4-5-7-18(17)24-20(27)14-23-21(28)15-25-10-12-26(13-11-25)22(29)19-9-8-16(2)30-19/h4-9H,3,10-15H2,1-2H3,(H,23,28)(H,24,27). The number of benzene rings is 1. The topological polar surface area (TPSA) is 94.9 Å². The van der Waals surface area contributed by atoms with Crippen LogP contribution in [0.1, 0.15) is 28.8 Å². The van der Waals surface area contributed by atoms with Crippen LogP contribution in [0.4, 0.5) is 5.69 Å². The molecule has 0 unspecified atom stereocenters. The summed E-state index contributed by atoms with van der Waals surface area (Å²) in [6, 6.07) is 11.1. The maximum Gasteiger partial charge on any atom is 0.289 e. The normalized spacial score (nSPS) is 14.4. The van der Waals surface area contributed by atoms with E-state index in [-0.39, 0.29) is 30.8 Å². The number of hydrogen-bond donors (Lipinski definition) is 2. The van der Waals surface area contributed by atoms with Crippen LogP contribution in [0, 0.1) is 6.92 Å². The molecule has 30 heavy (non-hydrogen) atoms. The van der Waals surface area contributed by atoms with Crippen molar-refractivity contribution < 1.29 is 18.8 Å². The van der Waals surface area contributed by atoms with Gasteiger partial charge in [-0.3, -0.25) is 19.3 Å². The quantitative estimate of drug-likeness (QED) is 0.721. The minimum absolute atomic E-state index is 0.0762. The first-order chi connectivity index (χ1) is 14.5. The number of anilines is 1. The lowest BCUT2D eigenvalue weighted by molar-refractivity contribution is -0.125. The van der Waals surface area contributed by atoms with Gasteiger partial charge in [0.2, 0.25) is 11.8 Å². The molecule has 0 spiro atoms. The van der Waals surface area contributed by atoms with Crippen molar-refractivity contribution in [3.63, 3.8) is 0 Å². The second-order valence-corrected chi connectivity index (χ2v) is 7.31. The average Bonchev–Trinajstić information content (AvgIpc) is 3.19. The molecule has 0 bridgehead atoms. The van der Waals surface area contributed by atoms with E-state index in [4.69, 9.17) is 4.42 Å². The highest BCUT2D eigenvalue weighted by Crippen LogP contribution is 2.15. The molecule has 8 heteroatoms. The SMILES string of the molecule is CCc1ccccc1NC(=O)CNC(=O)CN1CCN(C(=O)c2ccc(C)o2)CC1. The van der Waals surface area contributed by atoms with Crippen LogP contribution >= 0.6 is 0 Å². The van der Waals surface area contributed by atoms with Crippen molar-refractivity contribution >= 4 is 23.4 Å². The van der Waals surface area contributed by atoms with Crippen molar-refractivity contribution in [2.24, 2.45) is 0 Å². The predicted molar refractivity (Wildman–Crippen MR) is 113 cm³/mol.